The lowest BCUT2D eigenvalue weighted by Gasteiger charge is -2.07. The normalized spacial score (nSPS) is 10.2. The number of hydrogen-bond acceptors (Lipinski definition) is 3. The van der Waals surface area contributed by atoms with E-state index >= 15 is 0 Å². The number of nitrogens with zero attached hydrogens (tertiary/aromatic N) is 1. The summed E-state index contributed by atoms with van der Waals surface area (Å²) < 4.78 is 5.64. The Kier molecular flexibility index (Phi) is 3.96. The molecular formula is C13H13ClN2O. The van der Waals surface area contributed by atoms with E-state index in [9.17, 15) is 0 Å². The van der Waals surface area contributed by atoms with Gasteiger partial charge in [0.25, 0.3) is 0 Å². The Labute approximate surface area is 105 Å². The van der Waals surface area contributed by atoms with Gasteiger partial charge in [0.2, 0.25) is 0 Å². The first-order chi connectivity index (χ1) is 8.28. The first-order valence-electron chi connectivity index (χ1n) is 5.30. The van der Waals surface area contributed by atoms with E-state index in [4.69, 9.17) is 22.1 Å². The summed E-state index contributed by atoms with van der Waals surface area (Å²) in [5.74, 6) is 0.774. The number of nitrogens with two attached hydrogens (primary N) is 1. The minimum absolute atomic E-state index is 0.415. The van der Waals surface area contributed by atoms with E-state index in [0.717, 1.165) is 22.0 Å². The maximum absolute atomic E-state index is 5.81. The van der Waals surface area contributed by atoms with Crippen LogP contribution in [0, 0.1) is 0 Å². The van der Waals surface area contributed by atoms with Gasteiger partial charge in [-0.1, -0.05) is 23.7 Å². The second-order valence-electron chi connectivity index (χ2n) is 3.60. The lowest BCUT2D eigenvalue weighted by atomic mass is 10.2. The van der Waals surface area contributed by atoms with Gasteiger partial charge in [0, 0.05) is 23.8 Å². The van der Waals surface area contributed by atoms with Crippen molar-refractivity contribution in [1.29, 1.82) is 0 Å². The monoisotopic (exact) mass is 248 g/mol. The van der Waals surface area contributed by atoms with E-state index in [-0.39, 0.29) is 0 Å². The molecule has 2 N–H and O–H groups in total. The minimum atomic E-state index is 0.415. The average molecular weight is 249 g/mol. The van der Waals surface area contributed by atoms with Crippen molar-refractivity contribution < 1.29 is 4.74 Å². The second kappa shape index (κ2) is 5.66. The summed E-state index contributed by atoms with van der Waals surface area (Å²) in [6.45, 7) is 0.920. The van der Waals surface area contributed by atoms with Gasteiger partial charge in [-0.3, -0.25) is 4.98 Å². The largest absolute Gasteiger partial charge is 0.489 e. The fourth-order valence-corrected chi connectivity index (χ4v) is 1.53. The van der Waals surface area contributed by atoms with E-state index < -0.39 is 0 Å². The van der Waals surface area contributed by atoms with E-state index in [0.29, 0.717) is 13.2 Å². The van der Waals surface area contributed by atoms with Crippen molar-refractivity contribution in [2.24, 2.45) is 5.73 Å². The molecule has 2 aromatic rings. The molecule has 0 spiro atoms. The topological polar surface area (TPSA) is 48.1 Å². The number of hydrogen-bond donors (Lipinski definition) is 1. The van der Waals surface area contributed by atoms with Gasteiger partial charge in [-0.2, -0.15) is 0 Å². The number of ether oxygens (including phenoxy) is 1. The zero-order valence-corrected chi connectivity index (χ0v) is 10.0. The van der Waals surface area contributed by atoms with Gasteiger partial charge in [-0.25, -0.2) is 0 Å². The Morgan fingerprint density at radius 1 is 1.18 bits per heavy atom. The van der Waals surface area contributed by atoms with Crippen LogP contribution >= 0.6 is 11.6 Å². The highest BCUT2D eigenvalue weighted by Crippen LogP contribution is 2.14. The smallest absolute Gasteiger partial charge is 0.123 e. The van der Waals surface area contributed by atoms with Crippen LogP contribution in [0.5, 0.6) is 5.75 Å². The molecule has 0 amide bonds. The predicted octanol–water partition coefficient (Wildman–Crippen LogP) is 2.77. The first kappa shape index (κ1) is 11.9. The predicted molar refractivity (Wildman–Crippen MR) is 67.9 cm³/mol. The number of halogens is 1. The summed E-state index contributed by atoms with van der Waals surface area (Å²) in [5.41, 5.74) is 7.40. The molecule has 0 aliphatic rings. The molecule has 2 rings (SSSR count). The second-order valence-corrected chi connectivity index (χ2v) is 4.04. The Bertz CT molecular complexity index is 485. The SMILES string of the molecule is NCc1cc(OCc2ccc(Cl)cc2)ccn1. The Morgan fingerprint density at radius 2 is 1.94 bits per heavy atom. The molecule has 3 nitrogen and oxygen atoms in total. The zero-order chi connectivity index (χ0) is 12.1. The molecule has 17 heavy (non-hydrogen) atoms. The summed E-state index contributed by atoms with van der Waals surface area (Å²) in [7, 11) is 0. The van der Waals surface area contributed by atoms with Crippen LogP contribution in [0.2, 0.25) is 5.02 Å². The van der Waals surface area contributed by atoms with Gasteiger partial charge in [0.05, 0.1) is 5.69 Å². The molecule has 0 radical (unpaired) electrons. The van der Waals surface area contributed by atoms with Crippen LogP contribution in [-0.2, 0) is 13.2 Å². The Morgan fingerprint density at radius 3 is 2.65 bits per heavy atom. The molecule has 1 aromatic heterocycles. The minimum Gasteiger partial charge on any atom is -0.489 e. The maximum Gasteiger partial charge on any atom is 0.123 e. The standard InChI is InChI=1S/C13H13ClN2O/c14-11-3-1-10(2-4-11)9-17-13-5-6-16-12(7-13)8-15/h1-7H,8-9,15H2. The van der Waals surface area contributed by atoms with Crippen molar-refractivity contribution in [2.45, 2.75) is 13.2 Å². The van der Waals surface area contributed by atoms with Crippen LogP contribution in [-0.4, -0.2) is 4.98 Å². The van der Waals surface area contributed by atoms with Crippen LogP contribution in [0.3, 0.4) is 0 Å². The molecule has 0 aliphatic heterocycles. The Balaban J connectivity index is 1.99. The molecular weight excluding hydrogens is 236 g/mol. The van der Waals surface area contributed by atoms with Crippen molar-refractivity contribution >= 4 is 11.6 Å². The van der Waals surface area contributed by atoms with Gasteiger partial charge in [0.15, 0.2) is 0 Å². The number of aromatic nitrogens is 1. The first-order valence-corrected chi connectivity index (χ1v) is 5.68. The van der Waals surface area contributed by atoms with Crippen LogP contribution in [0.15, 0.2) is 42.6 Å². The quantitative estimate of drug-likeness (QED) is 0.905. The van der Waals surface area contributed by atoms with E-state index in [1.165, 1.54) is 0 Å². The third-order valence-corrected chi connectivity index (χ3v) is 2.57. The highest BCUT2D eigenvalue weighted by molar-refractivity contribution is 6.30. The molecule has 0 bridgehead atoms. The maximum atomic E-state index is 5.81. The van der Waals surface area contributed by atoms with Crippen molar-refractivity contribution in [3.8, 4) is 5.75 Å². The summed E-state index contributed by atoms with van der Waals surface area (Å²) >= 11 is 5.81. The van der Waals surface area contributed by atoms with Crippen LogP contribution in [0.25, 0.3) is 0 Å². The molecule has 0 fully saturated rings. The molecule has 0 aliphatic carbocycles. The Hall–Kier alpha value is -1.58. The molecule has 0 unspecified atom stereocenters. The van der Waals surface area contributed by atoms with Crippen molar-refractivity contribution in [1.82, 2.24) is 4.98 Å². The van der Waals surface area contributed by atoms with E-state index in [1.807, 2.05) is 36.4 Å². The number of benzene rings is 1. The fourth-order valence-electron chi connectivity index (χ4n) is 1.40. The van der Waals surface area contributed by atoms with Gasteiger partial charge in [-0.05, 0) is 23.8 Å². The number of pyridine rings is 1. The lowest BCUT2D eigenvalue weighted by Crippen LogP contribution is -2.01. The third-order valence-electron chi connectivity index (χ3n) is 2.32. The van der Waals surface area contributed by atoms with Crippen LogP contribution < -0.4 is 10.5 Å². The van der Waals surface area contributed by atoms with Gasteiger partial charge < -0.3 is 10.5 Å². The molecule has 0 saturated heterocycles. The fraction of sp³-hybridized carbons (Fsp3) is 0.154. The number of rotatable bonds is 4. The van der Waals surface area contributed by atoms with Crippen LogP contribution in [0.1, 0.15) is 11.3 Å². The molecule has 0 saturated carbocycles. The molecule has 4 heteroatoms. The summed E-state index contributed by atoms with van der Waals surface area (Å²) in [5, 5.41) is 0.725. The van der Waals surface area contributed by atoms with Gasteiger partial charge in [0.1, 0.15) is 12.4 Å². The van der Waals surface area contributed by atoms with Gasteiger partial charge in [-0.15, -0.1) is 0 Å². The summed E-state index contributed by atoms with van der Waals surface area (Å²) in [6.07, 6.45) is 1.69. The lowest BCUT2D eigenvalue weighted by molar-refractivity contribution is 0.305. The highest BCUT2D eigenvalue weighted by Gasteiger charge is 1.98. The summed E-state index contributed by atoms with van der Waals surface area (Å²) in [6, 6.07) is 11.2. The van der Waals surface area contributed by atoms with Crippen molar-refractivity contribution in [3.63, 3.8) is 0 Å². The summed E-state index contributed by atoms with van der Waals surface area (Å²) in [4.78, 5) is 4.10. The third kappa shape index (κ3) is 3.44. The average Bonchev–Trinajstić information content (AvgIpc) is 2.38. The molecule has 0 atom stereocenters. The van der Waals surface area contributed by atoms with Gasteiger partial charge >= 0.3 is 0 Å². The molecule has 1 aromatic carbocycles. The molecule has 88 valence electrons. The van der Waals surface area contributed by atoms with Crippen molar-refractivity contribution in [3.05, 3.63) is 58.9 Å². The zero-order valence-electron chi connectivity index (χ0n) is 9.27. The van der Waals surface area contributed by atoms with Crippen LogP contribution in [0.4, 0.5) is 0 Å². The molecule has 1 heterocycles. The van der Waals surface area contributed by atoms with E-state index in [2.05, 4.69) is 4.98 Å². The van der Waals surface area contributed by atoms with E-state index in [1.54, 1.807) is 6.20 Å². The van der Waals surface area contributed by atoms with Crippen molar-refractivity contribution in [2.75, 3.05) is 0 Å². The highest BCUT2D eigenvalue weighted by atomic mass is 35.5.